The number of aromatic hydroxyl groups is 1. The third-order valence-corrected chi connectivity index (χ3v) is 5.11. The molecule has 0 spiro atoms. The Kier molecular flexibility index (Phi) is 6.12. The average Bonchev–Trinajstić information content (AvgIpc) is 2.69. The average molecular weight is 367 g/mol. The molecule has 0 saturated heterocycles. The lowest BCUT2D eigenvalue weighted by atomic mass is 9.86. The van der Waals surface area contributed by atoms with E-state index in [1.54, 1.807) is 36.4 Å². The molecule has 0 radical (unpaired) electrons. The second-order valence-corrected chi connectivity index (χ2v) is 7.14. The fourth-order valence-electron chi connectivity index (χ4n) is 3.45. The molecule has 142 valence electrons. The summed E-state index contributed by atoms with van der Waals surface area (Å²) in [5.41, 5.74) is 2.26. The molecular formula is C22H25NO4. The first-order valence-corrected chi connectivity index (χ1v) is 9.39. The van der Waals surface area contributed by atoms with Gasteiger partial charge < -0.3 is 15.2 Å². The third kappa shape index (κ3) is 5.09. The van der Waals surface area contributed by atoms with Crippen molar-refractivity contribution >= 4 is 11.9 Å². The molecule has 5 nitrogen and oxygen atoms in total. The van der Waals surface area contributed by atoms with Crippen LogP contribution in [0.5, 0.6) is 5.75 Å². The zero-order valence-corrected chi connectivity index (χ0v) is 15.5. The summed E-state index contributed by atoms with van der Waals surface area (Å²) in [6, 6.07) is 14.0. The predicted molar refractivity (Wildman–Crippen MR) is 103 cm³/mol. The standard InChI is InChI=1S/C22H25NO4/c1-15-4-2-3-5-20(15)23-21(25)14-27-22(26)18-8-6-16(7-9-18)17-10-12-19(24)13-11-17/h6-13,15,20,24H,2-5,14H2,1H3,(H,23,25)/t15-,20-/m0/s1. The fraction of sp³-hybridized carbons (Fsp3) is 0.364. The zero-order chi connectivity index (χ0) is 19.2. The van der Waals surface area contributed by atoms with Gasteiger partial charge in [-0.1, -0.05) is 44.0 Å². The summed E-state index contributed by atoms with van der Waals surface area (Å²) >= 11 is 0. The third-order valence-electron chi connectivity index (χ3n) is 5.11. The normalized spacial score (nSPS) is 19.3. The number of rotatable bonds is 5. The van der Waals surface area contributed by atoms with Gasteiger partial charge in [0, 0.05) is 6.04 Å². The van der Waals surface area contributed by atoms with Crippen LogP contribution in [-0.2, 0) is 9.53 Å². The summed E-state index contributed by atoms with van der Waals surface area (Å²) in [7, 11) is 0. The lowest BCUT2D eigenvalue weighted by Gasteiger charge is -2.29. The van der Waals surface area contributed by atoms with Gasteiger partial charge in [-0.05, 0) is 54.2 Å². The van der Waals surface area contributed by atoms with E-state index in [0.29, 0.717) is 11.5 Å². The van der Waals surface area contributed by atoms with Crippen molar-refractivity contribution in [3.63, 3.8) is 0 Å². The Bertz CT molecular complexity index is 783. The molecule has 0 heterocycles. The van der Waals surface area contributed by atoms with E-state index in [9.17, 15) is 14.7 Å². The Labute approximate surface area is 159 Å². The summed E-state index contributed by atoms with van der Waals surface area (Å²) < 4.78 is 5.14. The largest absolute Gasteiger partial charge is 0.508 e. The van der Waals surface area contributed by atoms with Gasteiger partial charge in [0.15, 0.2) is 6.61 Å². The minimum absolute atomic E-state index is 0.176. The Morgan fingerprint density at radius 1 is 1.00 bits per heavy atom. The topological polar surface area (TPSA) is 75.6 Å². The number of esters is 1. The lowest BCUT2D eigenvalue weighted by molar-refractivity contribution is -0.125. The van der Waals surface area contributed by atoms with E-state index in [0.717, 1.165) is 30.4 Å². The van der Waals surface area contributed by atoms with Crippen molar-refractivity contribution in [2.24, 2.45) is 5.92 Å². The van der Waals surface area contributed by atoms with Crippen molar-refractivity contribution in [3.8, 4) is 16.9 Å². The van der Waals surface area contributed by atoms with Gasteiger partial charge in [0.2, 0.25) is 0 Å². The van der Waals surface area contributed by atoms with E-state index in [4.69, 9.17) is 4.74 Å². The van der Waals surface area contributed by atoms with Crippen LogP contribution in [0.4, 0.5) is 0 Å². The highest BCUT2D eigenvalue weighted by Gasteiger charge is 2.23. The maximum atomic E-state index is 12.2. The SMILES string of the molecule is C[C@H]1CCCC[C@@H]1NC(=O)COC(=O)c1ccc(-c2ccc(O)cc2)cc1. The molecule has 1 amide bonds. The van der Waals surface area contributed by atoms with Crippen molar-refractivity contribution in [1.82, 2.24) is 5.32 Å². The molecule has 1 saturated carbocycles. The number of benzene rings is 2. The van der Waals surface area contributed by atoms with Gasteiger partial charge in [-0.15, -0.1) is 0 Å². The summed E-state index contributed by atoms with van der Waals surface area (Å²) in [5.74, 6) is -0.0902. The van der Waals surface area contributed by atoms with Crippen molar-refractivity contribution in [1.29, 1.82) is 0 Å². The van der Waals surface area contributed by atoms with Crippen molar-refractivity contribution in [2.75, 3.05) is 6.61 Å². The number of nitrogens with one attached hydrogen (secondary N) is 1. The summed E-state index contributed by atoms with van der Waals surface area (Å²) in [6.07, 6.45) is 4.45. The molecule has 3 rings (SSSR count). The molecule has 0 aliphatic heterocycles. The molecule has 2 aromatic carbocycles. The molecule has 2 aromatic rings. The number of hydrogen-bond acceptors (Lipinski definition) is 4. The highest BCUT2D eigenvalue weighted by molar-refractivity contribution is 5.91. The fourth-order valence-corrected chi connectivity index (χ4v) is 3.45. The van der Waals surface area contributed by atoms with E-state index in [1.165, 1.54) is 6.42 Å². The van der Waals surface area contributed by atoms with Crippen LogP contribution < -0.4 is 5.32 Å². The first kappa shape index (κ1) is 19.0. The predicted octanol–water partition coefficient (Wildman–Crippen LogP) is 3.91. The first-order valence-electron chi connectivity index (χ1n) is 9.39. The molecule has 27 heavy (non-hydrogen) atoms. The molecule has 2 N–H and O–H groups in total. The second kappa shape index (κ2) is 8.71. The van der Waals surface area contributed by atoms with Crippen molar-refractivity contribution < 1.29 is 19.4 Å². The monoisotopic (exact) mass is 367 g/mol. The van der Waals surface area contributed by atoms with Gasteiger partial charge in [-0.3, -0.25) is 4.79 Å². The maximum absolute atomic E-state index is 12.2. The highest BCUT2D eigenvalue weighted by atomic mass is 16.5. The number of phenolic OH excluding ortho intramolecular Hbond substituents is 1. The molecule has 1 fully saturated rings. The van der Waals surface area contributed by atoms with Crippen molar-refractivity contribution in [2.45, 2.75) is 38.6 Å². The number of hydrogen-bond donors (Lipinski definition) is 2. The highest BCUT2D eigenvalue weighted by Crippen LogP contribution is 2.24. The Morgan fingerprint density at radius 2 is 1.59 bits per heavy atom. The van der Waals surface area contributed by atoms with Crippen LogP contribution in [0, 0.1) is 5.92 Å². The summed E-state index contributed by atoms with van der Waals surface area (Å²) in [6.45, 7) is 1.88. The Balaban J connectivity index is 1.52. The van der Waals surface area contributed by atoms with E-state index < -0.39 is 5.97 Å². The quantitative estimate of drug-likeness (QED) is 0.786. The van der Waals surface area contributed by atoms with Crippen LogP contribution in [0.3, 0.4) is 0 Å². The van der Waals surface area contributed by atoms with E-state index in [2.05, 4.69) is 12.2 Å². The van der Waals surface area contributed by atoms with E-state index >= 15 is 0 Å². The van der Waals surface area contributed by atoms with Crippen LogP contribution in [0.25, 0.3) is 11.1 Å². The van der Waals surface area contributed by atoms with Gasteiger partial charge in [0.25, 0.3) is 5.91 Å². The Hall–Kier alpha value is -2.82. The molecule has 1 aliphatic carbocycles. The van der Waals surface area contributed by atoms with Gasteiger partial charge in [0.05, 0.1) is 5.56 Å². The second-order valence-electron chi connectivity index (χ2n) is 7.14. The molecule has 0 unspecified atom stereocenters. The van der Waals surface area contributed by atoms with Crippen LogP contribution >= 0.6 is 0 Å². The number of ether oxygens (including phenoxy) is 1. The van der Waals surface area contributed by atoms with Gasteiger partial charge in [-0.2, -0.15) is 0 Å². The number of carbonyl (C=O) groups excluding carboxylic acids is 2. The summed E-state index contributed by atoms with van der Waals surface area (Å²) in [4.78, 5) is 24.2. The van der Waals surface area contributed by atoms with Gasteiger partial charge in [-0.25, -0.2) is 4.79 Å². The van der Waals surface area contributed by atoms with Gasteiger partial charge >= 0.3 is 5.97 Å². The number of carbonyl (C=O) groups is 2. The lowest BCUT2D eigenvalue weighted by Crippen LogP contribution is -2.42. The molecule has 0 bridgehead atoms. The number of amides is 1. The smallest absolute Gasteiger partial charge is 0.338 e. The Morgan fingerprint density at radius 3 is 2.22 bits per heavy atom. The molecular weight excluding hydrogens is 342 g/mol. The number of phenols is 1. The van der Waals surface area contributed by atoms with E-state index in [-0.39, 0.29) is 24.3 Å². The summed E-state index contributed by atoms with van der Waals surface area (Å²) in [5, 5.41) is 12.3. The van der Waals surface area contributed by atoms with Crippen molar-refractivity contribution in [3.05, 3.63) is 54.1 Å². The molecule has 0 aromatic heterocycles. The maximum Gasteiger partial charge on any atom is 0.338 e. The van der Waals surface area contributed by atoms with Crippen LogP contribution in [0.2, 0.25) is 0 Å². The van der Waals surface area contributed by atoms with Crippen LogP contribution in [0.15, 0.2) is 48.5 Å². The minimum Gasteiger partial charge on any atom is -0.508 e. The van der Waals surface area contributed by atoms with Crippen LogP contribution in [-0.4, -0.2) is 29.6 Å². The minimum atomic E-state index is -0.515. The van der Waals surface area contributed by atoms with Gasteiger partial charge in [0.1, 0.15) is 5.75 Å². The molecule has 2 atom stereocenters. The first-order chi connectivity index (χ1) is 13.0. The molecule has 5 heteroatoms. The zero-order valence-electron chi connectivity index (χ0n) is 15.5. The van der Waals surface area contributed by atoms with Crippen LogP contribution in [0.1, 0.15) is 43.0 Å². The molecule has 1 aliphatic rings. The van der Waals surface area contributed by atoms with E-state index in [1.807, 2.05) is 12.1 Å².